The van der Waals surface area contributed by atoms with Crippen molar-refractivity contribution in [2.75, 3.05) is 6.54 Å². The number of non-ortho nitro benzene ring substituents is 1. The van der Waals surface area contributed by atoms with Crippen molar-refractivity contribution < 1.29 is 14.5 Å². The number of benzene rings is 2. The first kappa shape index (κ1) is 15.9. The van der Waals surface area contributed by atoms with Gasteiger partial charge >= 0.3 is 0 Å². The standard InChI is InChI=1S/C18H16N2O4/c1-18(2,12-7-9-13(10-8-12)20(23)24)11-19-16(21)14-5-3-4-6-15(14)17(19)22/h3-10H,11H2,1-2H3. The second-order valence-electron chi connectivity index (χ2n) is 6.43. The summed E-state index contributed by atoms with van der Waals surface area (Å²) in [7, 11) is 0. The van der Waals surface area contributed by atoms with E-state index in [1.165, 1.54) is 17.0 Å². The minimum absolute atomic E-state index is 0.00952. The smallest absolute Gasteiger partial charge is 0.269 e. The van der Waals surface area contributed by atoms with Gasteiger partial charge in [-0.2, -0.15) is 0 Å². The van der Waals surface area contributed by atoms with Gasteiger partial charge in [-0.05, 0) is 17.7 Å². The first-order valence-corrected chi connectivity index (χ1v) is 7.51. The lowest BCUT2D eigenvalue weighted by molar-refractivity contribution is -0.384. The Labute approximate surface area is 138 Å². The molecule has 0 atom stereocenters. The first-order valence-electron chi connectivity index (χ1n) is 7.51. The summed E-state index contributed by atoms with van der Waals surface area (Å²) in [6.07, 6.45) is 0. The molecule has 2 aromatic carbocycles. The highest BCUT2D eigenvalue weighted by molar-refractivity contribution is 6.21. The summed E-state index contributed by atoms with van der Waals surface area (Å²) in [5.41, 5.74) is 1.15. The number of carbonyl (C=O) groups excluding carboxylic acids is 2. The largest absolute Gasteiger partial charge is 0.273 e. The maximum atomic E-state index is 12.5. The van der Waals surface area contributed by atoms with E-state index in [0.29, 0.717) is 11.1 Å². The Kier molecular flexibility index (Phi) is 3.67. The number of imide groups is 1. The number of nitrogens with zero attached hydrogens (tertiary/aromatic N) is 2. The van der Waals surface area contributed by atoms with E-state index in [1.807, 2.05) is 13.8 Å². The van der Waals surface area contributed by atoms with Gasteiger partial charge in [-0.3, -0.25) is 24.6 Å². The SMILES string of the molecule is CC(C)(CN1C(=O)c2ccccc2C1=O)c1ccc([N+](=O)[O-])cc1. The molecule has 0 bridgehead atoms. The molecule has 0 aromatic heterocycles. The van der Waals surface area contributed by atoms with Crippen LogP contribution in [-0.4, -0.2) is 28.2 Å². The molecule has 0 N–H and O–H groups in total. The highest BCUT2D eigenvalue weighted by atomic mass is 16.6. The van der Waals surface area contributed by atoms with E-state index in [-0.39, 0.29) is 24.0 Å². The van der Waals surface area contributed by atoms with Crippen molar-refractivity contribution in [3.8, 4) is 0 Å². The van der Waals surface area contributed by atoms with Crippen LogP contribution in [0, 0.1) is 10.1 Å². The van der Waals surface area contributed by atoms with Crippen LogP contribution in [-0.2, 0) is 5.41 Å². The third kappa shape index (κ3) is 2.56. The summed E-state index contributed by atoms with van der Waals surface area (Å²) >= 11 is 0. The predicted octanol–water partition coefficient (Wildman–Crippen LogP) is 3.17. The number of amides is 2. The molecule has 1 aliphatic rings. The van der Waals surface area contributed by atoms with Crippen molar-refractivity contribution in [3.63, 3.8) is 0 Å². The summed E-state index contributed by atoms with van der Waals surface area (Å²) < 4.78 is 0. The molecule has 0 radical (unpaired) electrons. The normalized spacial score (nSPS) is 14.0. The molecule has 2 amide bonds. The van der Waals surface area contributed by atoms with Crippen LogP contribution in [0.25, 0.3) is 0 Å². The highest BCUT2D eigenvalue weighted by Crippen LogP contribution is 2.30. The summed E-state index contributed by atoms with van der Waals surface area (Å²) in [4.78, 5) is 36.5. The van der Waals surface area contributed by atoms with Crippen LogP contribution in [0.1, 0.15) is 40.1 Å². The maximum Gasteiger partial charge on any atom is 0.269 e. The molecule has 0 saturated carbocycles. The van der Waals surface area contributed by atoms with Gasteiger partial charge in [0.25, 0.3) is 17.5 Å². The van der Waals surface area contributed by atoms with Gasteiger partial charge in [0.05, 0.1) is 16.1 Å². The Morgan fingerprint density at radius 1 is 0.958 bits per heavy atom. The Balaban J connectivity index is 1.86. The monoisotopic (exact) mass is 324 g/mol. The molecule has 2 aromatic rings. The van der Waals surface area contributed by atoms with Gasteiger partial charge < -0.3 is 0 Å². The second kappa shape index (κ2) is 5.56. The van der Waals surface area contributed by atoms with Crippen LogP contribution in [0.5, 0.6) is 0 Å². The van der Waals surface area contributed by atoms with Gasteiger partial charge in [0, 0.05) is 24.1 Å². The van der Waals surface area contributed by atoms with Crippen molar-refractivity contribution in [1.82, 2.24) is 4.90 Å². The summed E-state index contributed by atoms with van der Waals surface area (Å²) in [6.45, 7) is 4.01. The van der Waals surface area contributed by atoms with E-state index >= 15 is 0 Å². The Morgan fingerprint density at radius 3 is 1.92 bits per heavy atom. The minimum Gasteiger partial charge on any atom is -0.273 e. The van der Waals surface area contributed by atoms with E-state index in [4.69, 9.17) is 0 Å². The minimum atomic E-state index is -0.525. The topological polar surface area (TPSA) is 80.5 Å². The molecule has 0 unspecified atom stereocenters. The number of hydrogen-bond acceptors (Lipinski definition) is 4. The van der Waals surface area contributed by atoms with E-state index in [0.717, 1.165) is 5.56 Å². The molecule has 0 aliphatic carbocycles. The average molecular weight is 324 g/mol. The summed E-state index contributed by atoms with van der Waals surface area (Å²) in [5, 5.41) is 10.8. The van der Waals surface area contributed by atoms with Gasteiger partial charge in [-0.1, -0.05) is 38.1 Å². The molecule has 0 spiro atoms. The molecular formula is C18H16N2O4. The molecule has 0 fully saturated rings. The number of hydrogen-bond donors (Lipinski definition) is 0. The van der Waals surface area contributed by atoms with E-state index in [9.17, 15) is 19.7 Å². The van der Waals surface area contributed by atoms with Crippen LogP contribution in [0.2, 0.25) is 0 Å². The van der Waals surface area contributed by atoms with Gasteiger partial charge in [0.15, 0.2) is 0 Å². The Morgan fingerprint density at radius 2 is 1.46 bits per heavy atom. The van der Waals surface area contributed by atoms with E-state index in [2.05, 4.69) is 0 Å². The van der Waals surface area contributed by atoms with Crippen molar-refractivity contribution in [1.29, 1.82) is 0 Å². The molecule has 0 saturated heterocycles. The zero-order chi connectivity index (χ0) is 17.5. The predicted molar refractivity (Wildman–Crippen MR) is 87.9 cm³/mol. The van der Waals surface area contributed by atoms with E-state index in [1.54, 1.807) is 36.4 Å². The fraction of sp³-hybridized carbons (Fsp3) is 0.222. The highest BCUT2D eigenvalue weighted by Gasteiger charge is 2.38. The summed E-state index contributed by atoms with van der Waals surface area (Å²) in [6, 6.07) is 12.9. The Hall–Kier alpha value is -3.02. The number of nitro benzene ring substituents is 1. The lowest BCUT2D eigenvalue weighted by Gasteiger charge is -2.29. The van der Waals surface area contributed by atoms with Crippen LogP contribution >= 0.6 is 0 Å². The lowest BCUT2D eigenvalue weighted by atomic mass is 9.84. The van der Waals surface area contributed by atoms with Gasteiger partial charge in [0.1, 0.15) is 0 Å². The fourth-order valence-electron chi connectivity index (χ4n) is 2.90. The number of carbonyl (C=O) groups is 2. The van der Waals surface area contributed by atoms with Crippen molar-refractivity contribution in [3.05, 3.63) is 75.3 Å². The molecule has 6 heteroatoms. The molecule has 122 valence electrons. The Bertz CT molecular complexity index is 805. The van der Waals surface area contributed by atoms with E-state index < -0.39 is 10.3 Å². The fourth-order valence-corrected chi connectivity index (χ4v) is 2.90. The lowest BCUT2D eigenvalue weighted by Crippen LogP contribution is -2.40. The maximum absolute atomic E-state index is 12.5. The number of rotatable bonds is 4. The van der Waals surface area contributed by atoms with Crippen LogP contribution in [0.15, 0.2) is 48.5 Å². The molecule has 6 nitrogen and oxygen atoms in total. The van der Waals surface area contributed by atoms with Gasteiger partial charge in [-0.25, -0.2) is 0 Å². The van der Waals surface area contributed by atoms with Crippen molar-refractivity contribution in [2.45, 2.75) is 19.3 Å². The van der Waals surface area contributed by atoms with Gasteiger partial charge in [-0.15, -0.1) is 0 Å². The molecular weight excluding hydrogens is 308 g/mol. The van der Waals surface area contributed by atoms with Crippen molar-refractivity contribution in [2.24, 2.45) is 0 Å². The zero-order valence-corrected chi connectivity index (χ0v) is 13.4. The van der Waals surface area contributed by atoms with Gasteiger partial charge in [0.2, 0.25) is 0 Å². The van der Waals surface area contributed by atoms with Crippen LogP contribution in [0.3, 0.4) is 0 Å². The second-order valence-corrected chi connectivity index (χ2v) is 6.43. The quantitative estimate of drug-likeness (QED) is 0.491. The third-order valence-electron chi connectivity index (χ3n) is 4.29. The summed E-state index contributed by atoms with van der Waals surface area (Å²) in [5.74, 6) is -0.601. The molecule has 1 aliphatic heterocycles. The van der Waals surface area contributed by atoms with Crippen LogP contribution < -0.4 is 0 Å². The molecule has 1 heterocycles. The third-order valence-corrected chi connectivity index (χ3v) is 4.29. The average Bonchev–Trinajstić information content (AvgIpc) is 2.80. The molecule has 24 heavy (non-hydrogen) atoms. The zero-order valence-electron chi connectivity index (χ0n) is 13.4. The molecule has 3 rings (SSSR count). The number of fused-ring (bicyclic) bond motifs is 1. The first-order chi connectivity index (χ1) is 11.3. The van der Waals surface area contributed by atoms with Crippen molar-refractivity contribution >= 4 is 17.5 Å². The number of nitro groups is 1. The van der Waals surface area contributed by atoms with Crippen LogP contribution in [0.4, 0.5) is 5.69 Å².